The Balaban J connectivity index is 2.66. The van der Waals surface area contributed by atoms with Crippen LogP contribution in [0.1, 0.15) is 5.56 Å². The third kappa shape index (κ3) is 1.43. The molecule has 0 aliphatic rings. The van der Waals surface area contributed by atoms with E-state index in [4.69, 9.17) is 16.0 Å². The summed E-state index contributed by atoms with van der Waals surface area (Å²) < 4.78 is 5.96. The highest BCUT2D eigenvalue weighted by atomic mass is 127. The zero-order valence-electron chi connectivity index (χ0n) is 6.05. The van der Waals surface area contributed by atoms with Crippen LogP contribution in [0.2, 0.25) is 0 Å². The first-order valence-corrected chi connectivity index (χ1v) is 5.02. The van der Waals surface area contributed by atoms with Gasteiger partial charge in [-0.2, -0.15) is 0 Å². The summed E-state index contributed by atoms with van der Waals surface area (Å²) in [5.41, 5.74) is 2.75. The van der Waals surface area contributed by atoms with Crippen molar-refractivity contribution in [2.75, 3.05) is 0 Å². The minimum atomic E-state index is 0.513. The molecule has 0 bridgehead atoms. The normalized spacial score (nSPS) is 10.8. The summed E-state index contributed by atoms with van der Waals surface area (Å²) in [6.45, 7) is 0. The molecule has 0 atom stereocenters. The van der Waals surface area contributed by atoms with E-state index < -0.39 is 0 Å². The number of aromatic nitrogens is 1. The number of alkyl halides is 1. The number of halogens is 2. The Hall–Kier alpha value is -0.290. The molecule has 12 heavy (non-hydrogen) atoms. The van der Waals surface area contributed by atoms with Crippen LogP contribution in [0.5, 0.6) is 0 Å². The number of fused-ring (bicyclic) bond motifs is 1. The predicted octanol–water partition coefficient (Wildman–Crippen LogP) is 3.17. The molecular weight excluding hydrogens is 288 g/mol. The summed E-state index contributed by atoms with van der Waals surface area (Å²) in [4.78, 5) is 4.18. The van der Waals surface area contributed by atoms with Crippen LogP contribution >= 0.6 is 34.2 Å². The van der Waals surface area contributed by atoms with Gasteiger partial charge in [0.15, 0.2) is 5.58 Å². The summed E-state index contributed by atoms with van der Waals surface area (Å²) >= 11 is 7.72. The molecule has 0 spiro atoms. The highest BCUT2D eigenvalue weighted by molar-refractivity contribution is 14.1. The Morgan fingerprint density at radius 3 is 3.08 bits per heavy atom. The molecule has 1 aromatic heterocycles. The number of benzene rings is 1. The van der Waals surface area contributed by atoms with Crippen molar-refractivity contribution in [1.29, 1.82) is 0 Å². The molecule has 0 fully saturated rings. The molecule has 0 unspecified atom stereocenters. The first kappa shape index (κ1) is 8.31. The van der Waals surface area contributed by atoms with E-state index in [1.54, 1.807) is 0 Å². The molecule has 4 heteroatoms. The van der Waals surface area contributed by atoms with Gasteiger partial charge in [0.05, 0.1) is 0 Å². The van der Waals surface area contributed by atoms with E-state index in [0.717, 1.165) is 16.7 Å². The van der Waals surface area contributed by atoms with Gasteiger partial charge in [0.25, 0.3) is 3.90 Å². The Kier molecular flexibility index (Phi) is 2.23. The average Bonchev–Trinajstić information content (AvgIpc) is 2.43. The van der Waals surface area contributed by atoms with Crippen LogP contribution in [0.25, 0.3) is 11.1 Å². The first-order valence-electron chi connectivity index (χ1n) is 3.40. The molecule has 2 rings (SSSR count). The van der Waals surface area contributed by atoms with Gasteiger partial charge >= 0.3 is 0 Å². The largest absolute Gasteiger partial charge is 0.432 e. The van der Waals surface area contributed by atoms with E-state index in [0.29, 0.717) is 9.78 Å². The topological polar surface area (TPSA) is 26.0 Å². The van der Waals surface area contributed by atoms with Crippen molar-refractivity contribution >= 4 is 45.3 Å². The van der Waals surface area contributed by atoms with E-state index in [1.807, 2.05) is 40.8 Å². The molecule has 0 saturated carbocycles. The van der Waals surface area contributed by atoms with Crippen molar-refractivity contribution in [3.63, 3.8) is 0 Å². The molecule has 0 N–H and O–H groups in total. The van der Waals surface area contributed by atoms with Gasteiger partial charge in [-0.15, -0.1) is 11.6 Å². The molecular formula is C8H5ClINO. The van der Waals surface area contributed by atoms with E-state index in [9.17, 15) is 0 Å². The van der Waals surface area contributed by atoms with Gasteiger partial charge in [0, 0.05) is 28.5 Å². The number of nitrogens with zero attached hydrogens (tertiary/aromatic N) is 1. The third-order valence-corrected chi connectivity index (χ3v) is 2.35. The van der Waals surface area contributed by atoms with E-state index in [1.165, 1.54) is 0 Å². The fraction of sp³-hybridized carbons (Fsp3) is 0.125. The molecule has 1 aromatic carbocycles. The van der Waals surface area contributed by atoms with Gasteiger partial charge in [-0.1, -0.05) is 6.07 Å². The Morgan fingerprint density at radius 1 is 1.50 bits per heavy atom. The van der Waals surface area contributed by atoms with Crippen molar-refractivity contribution in [3.05, 3.63) is 27.7 Å². The van der Waals surface area contributed by atoms with Gasteiger partial charge in [0.1, 0.15) is 5.52 Å². The lowest BCUT2D eigenvalue weighted by atomic mass is 10.2. The van der Waals surface area contributed by atoms with Crippen LogP contribution < -0.4 is 0 Å². The van der Waals surface area contributed by atoms with Gasteiger partial charge < -0.3 is 4.42 Å². The molecule has 62 valence electrons. The smallest absolute Gasteiger partial charge is 0.258 e. The molecule has 0 saturated heterocycles. The first-order chi connectivity index (χ1) is 5.79. The second-order valence-electron chi connectivity index (χ2n) is 2.40. The molecule has 2 aromatic rings. The van der Waals surface area contributed by atoms with Crippen LogP contribution in [0, 0.1) is 3.90 Å². The van der Waals surface area contributed by atoms with Crippen LogP contribution in [-0.2, 0) is 5.88 Å². The minimum Gasteiger partial charge on any atom is -0.432 e. The lowest BCUT2D eigenvalue weighted by Crippen LogP contribution is -1.76. The Bertz CT molecular complexity index is 412. The van der Waals surface area contributed by atoms with Crippen LogP contribution in [-0.4, -0.2) is 4.98 Å². The van der Waals surface area contributed by atoms with Crippen LogP contribution in [0.4, 0.5) is 0 Å². The summed E-state index contributed by atoms with van der Waals surface area (Å²) in [6, 6.07) is 5.77. The van der Waals surface area contributed by atoms with Crippen LogP contribution in [0.3, 0.4) is 0 Å². The van der Waals surface area contributed by atoms with Gasteiger partial charge in [-0.05, 0) is 17.7 Å². The maximum atomic E-state index is 5.67. The van der Waals surface area contributed by atoms with Crippen molar-refractivity contribution in [3.8, 4) is 0 Å². The van der Waals surface area contributed by atoms with Crippen molar-refractivity contribution in [2.45, 2.75) is 5.88 Å². The number of oxazole rings is 1. The average molecular weight is 293 g/mol. The van der Waals surface area contributed by atoms with E-state index >= 15 is 0 Å². The number of hydrogen-bond donors (Lipinski definition) is 0. The highest BCUT2D eigenvalue weighted by Gasteiger charge is 2.02. The fourth-order valence-electron chi connectivity index (χ4n) is 1.03. The Labute approximate surface area is 88.1 Å². The van der Waals surface area contributed by atoms with Crippen molar-refractivity contribution in [2.24, 2.45) is 0 Å². The second kappa shape index (κ2) is 3.22. The zero-order chi connectivity index (χ0) is 8.55. The fourth-order valence-corrected chi connectivity index (χ4v) is 1.69. The summed E-state index contributed by atoms with van der Waals surface area (Å²) in [5, 5.41) is 0. The number of hydrogen-bond acceptors (Lipinski definition) is 2. The minimum absolute atomic E-state index is 0.513. The van der Waals surface area contributed by atoms with Gasteiger partial charge in [0.2, 0.25) is 0 Å². The maximum absolute atomic E-state index is 5.67. The van der Waals surface area contributed by atoms with Crippen molar-refractivity contribution < 1.29 is 4.42 Å². The predicted molar refractivity (Wildman–Crippen MR) is 56.3 cm³/mol. The Morgan fingerprint density at radius 2 is 2.33 bits per heavy atom. The monoisotopic (exact) mass is 293 g/mol. The zero-order valence-corrected chi connectivity index (χ0v) is 8.96. The molecule has 0 radical (unpaired) electrons. The van der Waals surface area contributed by atoms with E-state index in [2.05, 4.69) is 4.98 Å². The van der Waals surface area contributed by atoms with Gasteiger partial charge in [-0.3, -0.25) is 0 Å². The quantitative estimate of drug-likeness (QED) is 0.596. The third-order valence-electron chi connectivity index (χ3n) is 1.58. The van der Waals surface area contributed by atoms with Crippen LogP contribution in [0.15, 0.2) is 22.6 Å². The molecule has 2 nitrogen and oxygen atoms in total. The van der Waals surface area contributed by atoms with Gasteiger partial charge in [-0.25, -0.2) is 4.98 Å². The molecule has 0 aliphatic heterocycles. The maximum Gasteiger partial charge on any atom is 0.258 e. The lowest BCUT2D eigenvalue weighted by Gasteiger charge is -1.91. The lowest BCUT2D eigenvalue weighted by molar-refractivity contribution is 0.566. The summed E-state index contributed by atoms with van der Waals surface area (Å²) in [6.07, 6.45) is 0. The summed E-state index contributed by atoms with van der Waals surface area (Å²) in [5.74, 6) is 0.513. The molecule has 0 aliphatic carbocycles. The SMILES string of the molecule is ClCc1ccc2oc(I)nc2c1. The number of rotatable bonds is 1. The second-order valence-corrected chi connectivity index (χ2v) is 3.59. The molecule has 1 heterocycles. The molecule has 0 amide bonds. The van der Waals surface area contributed by atoms with E-state index in [-0.39, 0.29) is 0 Å². The highest BCUT2D eigenvalue weighted by Crippen LogP contribution is 2.18. The standard InChI is InChI=1S/C8H5ClINO/c9-4-5-1-2-7-6(3-5)11-8(10)12-7/h1-3H,4H2. The summed E-state index contributed by atoms with van der Waals surface area (Å²) in [7, 11) is 0. The van der Waals surface area contributed by atoms with Crippen molar-refractivity contribution in [1.82, 2.24) is 4.98 Å².